The molecular formula is C11H12ClFN2. The molecule has 0 spiro atoms. The van der Waals surface area contributed by atoms with Gasteiger partial charge in [-0.15, -0.1) is 6.42 Å². The molecule has 1 heterocycles. The molecule has 0 bridgehead atoms. The van der Waals surface area contributed by atoms with Crippen LogP contribution in [0.25, 0.3) is 0 Å². The van der Waals surface area contributed by atoms with Gasteiger partial charge in [-0.2, -0.15) is 0 Å². The minimum absolute atomic E-state index is 0.263. The molecule has 1 aromatic heterocycles. The fourth-order valence-electron chi connectivity index (χ4n) is 1.28. The van der Waals surface area contributed by atoms with Gasteiger partial charge in [0, 0.05) is 12.7 Å². The summed E-state index contributed by atoms with van der Waals surface area (Å²) >= 11 is 5.61. The standard InChI is InChI=1S/C11H12ClFN2/c1-3-5-15(6-4-2)11-10(13)7-9(12)8-14-11/h1,7-8H,4-6H2,2H3. The van der Waals surface area contributed by atoms with Gasteiger partial charge in [-0.1, -0.05) is 24.4 Å². The maximum atomic E-state index is 13.5. The minimum Gasteiger partial charge on any atom is -0.343 e. The lowest BCUT2D eigenvalue weighted by Gasteiger charge is -2.20. The summed E-state index contributed by atoms with van der Waals surface area (Å²) in [7, 11) is 0. The molecule has 1 aromatic rings. The van der Waals surface area contributed by atoms with Crippen molar-refractivity contribution in [2.24, 2.45) is 0 Å². The summed E-state index contributed by atoms with van der Waals surface area (Å²) < 4.78 is 13.5. The topological polar surface area (TPSA) is 16.1 Å². The van der Waals surface area contributed by atoms with E-state index in [4.69, 9.17) is 18.0 Å². The fourth-order valence-corrected chi connectivity index (χ4v) is 1.42. The van der Waals surface area contributed by atoms with Crippen LogP contribution in [-0.4, -0.2) is 18.1 Å². The molecule has 0 saturated heterocycles. The molecule has 0 N–H and O–H groups in total. The lowest BCUT2D eigenvalue weighted by atomic mass is 10.3. The van der Waals surface area contributed by atoms with Crippen molar-refractivity contribution in [2.75, 3.05) is 18.0 Å². The van der Waals surface area contributed by atoms with Gasteiger partial charge in [-0.05, 0) is 12.5 Å². The average Bonchev–Trinajstić information content (AvgIpc) is 2.17. The largest absolute Gasteiger partial charge is 0.343 e. The smallest absolute Gasteiger partial charge is 0.167 e. The van der Waals surface area contributed by atoms with E-state index in [0.29, 0.717) is 13.1 Å². The van der Waals surface area contributed by atoms with Gasteiger partial charge in [-0.3, -0.25) is 0 Å². The van der Waals surface area contributed by atoms with E-state index in [0.717, 1.165) is 6.42 Å². The molecule has 80 valence electrons. The molecule has 4 heteroatoms. The second-order valence-electron chi connectivity index (χ2n) is 3.08. The molecule has 0 amide bonds. The van der Waals surface area contributed by atoms with Crippen LogP contribution in [0.15, 0.2) is 12.3 Å². The number of rotatable bonds is 4. The van der Waals surface area contributed by atoms with Gasteiger partial charge in [0.2, 0.25) is 0 Å². The van der Waals surface area contributed by atoms with E-state index in [2.05, 4.69) is 10.9 Å². The monoisotopic (exact) mass is 226 g/mol. The fraction of sp³-hybridized carbons (Fsp3) is 0.364. The summed E-state index contributed by atoms with van der Waals surface area (Å²) in [5.41, 5.74) is 0. The Morgan fingerprint density at radius 2 is 2.40 bits per heavy atom. The highest BCUT2D eigenvalue weighted by Gasteiger charge is 2.11. The molecule has 0 aliphatic carbocycles. The molecule has 0 radical (unpaired) electrons. The van der Waals surface area contributed by atoms with E-state index < -0.39 is 5.82 Å². The second-order valence-corrected chi connectivity index (χ2v) is 3.52. The predicted octanol–water partition coefficient (Wildman–Crippen LogP) is 2.72. The normalized spacial score (nSPS) is 9.73. The highest BCUT2D eigenvalue weighted by Crippen LogP contribution is 2.19. The van der Waals surface area contributed by atoms with Crippen LogP contribution < -0.4 is 4.90 Å². The third-order valence-corrected chi connectivity index (χ3v) is 2.07. The van der Waals surface area contributed by atoms with Gasteiger partial charge < -0.3 is 4.90 Å². The van der Waals surface area contributed by atoms with Crippen molar-refractivity contribution < 1.29 is 4.39 Å². The van der Waals surface area contributed by atoms with Crippen molar-refractivity contribution in [1.29, 1.82) is 0 Å². The first kappa shape index (κ1) is 11.8. The number of nitrogens with zero attached hydrogens (tertiary/aromatic N) is 2. The van der Waals surface area contributed by atoms with Gasteiger partial charge >= 0.3 is 0 Å². The zero-order valence-corrected chi connectivity index (χ0v) is 9.26. The van der Waals surface area contributed by atoms with Crippen molar-refractivity contribution >= 4 is 17.4 Å². The first-order valence-electron chi connectivity index (χ1n) is 4.68. The number of hydrogen-bond acceptors (Lipinski definition) is 2. The van der Waals surface area contributed by atoms with Gasteiger partial charge in [0.05, 0.1) is 11.6 Å². The van der Waals surface area contributed by atoms with Crippen LogP contribution in [0, 0.1) is 18.2 Å². The molecule has 0 aliphatic heterocycles. The Balaban J connectivity index is 2.95. The van der Waals surface area contributed by atoms with Crippen LogP contribution in [0.2, 0.25) is 5.02 Å². The van der Waals surface area contributed by atoms with E-state index in [9.17, 15) is 4.39 Å². The quantitative estimate of drug-likeness (QED) is 0.734. The molecular weight excluding hydrogens is 215 g/mol. The van der Waals surface area contributed by atoms with Gasteiger partial charge in [0.1, 0.15) is 0 Å². The van der Waals surface area contributed by atoms with Gasteiger partial charge in [-0.25, -0.2) is 9.37 Å². The van der Waals surface area contributed by atoms with Crippen LogP contribution in [0.1, 0.15) is 13.3 Å². The Bertz CT molecular complexity index is 373. The summed E-state index contributed by atoms with van der Waals surface area (Å²) in [5.74, 6) is 2.30. The van der Waals surface area contributed by atoms with Gasteiger partial charge in [0.15, 0.2) is 11.6 Å². The molecule has 0 fully saturated rings. The first-order valence-corrected chi connectivity index (χ1v) is 5.06. The van der Waals surface area contributed by atoms with Crippen LogP contribution >= 0.6 is 11.6 Å². The molecule has 0 atom stereocenters. The minimum atomic E-state index is -0.439. The second kappa shape index (κ2) is 5.57. The maximum absolute atomic E-state index is 13.5. The number of pyridine rings is 1. The first-order chi connectivity index (χ1) is 7.19. The number of aromatic nitrogens is 1. The maximum Gasteiger partial charge on any atom is 0.167 e. The molecule has 0 aliphatic rings. The third kappa shape index (κ3) is 3.10. The number of terminal acetylenes is 1. The van der Waals surface area contributed by atoms with Crippen LogP contribution in [0.4, 0.5) is 10.2 Å². The van der Waals surface area contributed by atoms with E-state index in [1.807, 2.05) is 6.92 Å². The van der Waals surface area contributed by atoms with E-state index in [1.165, 1.54) is 12.3 Å². The summed E-state index contributed by atoms with van der Waals surface area (Å²) in [4.78, 5) is 5.65. The number of hydrogen-bond donors (Lipinski definition) is 0. The summed E-state index contributed by atoms with van der Waals surface area (Å²) in [5, 5.41) is 0.286. The number of anilines is 1. The van der Waals surface area contributed by atoms with Crippen molar-refractivity contribution in [3.63, 3.8) is 0 Å². The van der Waals surface area contributed by atoms with Crippen LogP contribution in [-0.2, 0) is 0 Å². The SMILES string of the molecule is C#CCN(CCC)c1ncc(Cl)cc1F. The summed E-state index contributed by atoms with van der Waals surface area (Å²) in [6.45, 7) is 3.02. The molecule has 0 unspecified atom stereocenters. The van der Waals surface area contributed by atoms with E-state index in [-0.39, 0.29) is 10.8 Å². The van der Waals surface area contributed by atoms with E-state index >= 15 is 0 Å². The van der Waals surface area contributed by atoms with Crippen molar-refractivity contribution in [3.8, 4) is 12.3 Å². The number of halogens is 2. The molecule has 0 saturated carbocycles. The van der Waals surface area contributed by atoms with Crippen molar-refractivity contribution in [2.45, 2.75) is 13.3 Å². The van der Waals surface area contributed by atoms with Gasteiger partial charge in [0.25, 0.3) is 0 Å². The predicted molar refractivity (Wildman–Crippen MR) is 60.5 cm³/mol. The van der Waals surface area contributed by atoms with Crippen molar-refractivity contribution in [1.82, 2.24) is 4.98 Å². The highest BCUT2D eigenvalue weighted by atomic mass is 35.5. The highest BCUT2D eigenvalue weighted by molar-refractivity contribution is 6.30. The Kier molecular flexibility index (Phi) is 4.38. The lowest BCUT2D eigenvalue weighted by molar-refractivity contribution is 0.611. The Hall–Kier alpha value is -1.27. The Morgan fingerprint density at radius 1 is 1.67 bits per heavy atom. The third-order valence-electron chi connectivity index (χ3n) is 1.86. The summed E-state index contributed by atoms with van der Waals surface area (Å²) in [6.07, 6.45) is 7.51. The van der Waals surface area contributed by atoms with E-state index in [1.54, 1.807) is 4.90 Å². The molecule has 0 aromatic carbocycles. The Labute approximate surface area is 94.1 Å². The van der Waals surface area contributed by atoms with Crippen molar-refractivity contribution in [3.05, 3.63) is 23.1 Å². The molecule has 2 nitrogen and oxygen atoms in total. The zero-order chi connectivity index (χ0) is 11.3. The summed E-state index contributed by atoms with van der Waals surface area (Å²) in [6, 6.07) is 1.24. The Morgan fingerprint density at radius 3 is 2.93 bits per heavy atom. The molecule has 15 heavy (non-hydrogen) atoms. The van der Waals surface area contributed by atoms with Crippen LogP contribution in [0.3, 0.4) is 0 Å². The molecule has 1 rings (SSSR count). The average molecular weight is 227 g/mol. The lowest BCUT2D eigenvalue weighted by Crippen LogP contribution is -2.26. The van der Waals surface area contributed by atoms with Crippen LogP contribution in [0.5, 0.6) is 0 Å². The zero-order valence-electron chi connectivity index (χ0n) is 8.50.